The predicted octanol–water partition coefficient (Wildman–Crippen LogP) is 2.50. The number of carbonyl (C=O) groups excluding carboxylic acids is 1. The minimum Gasteiger partial charge on any atom is -0.370 e. The molecule has 1 amide bonds. The van der Waals surface area contributed by atoms with Gasteiger partial charge in [-0.15, -0.1) is 11.3 Å². The molecule has 0 atom stereocenters. The number of pyridine rings is 1. The Morgan fingerprint density at radius 2 is 2.24 bits per heavy atom. The number of rotatable bonds is 7. The van der Waals surface area contributed by atoms with Gasteiger partial charge in [0.15, 0.2) is 0 Å². The molecule has 0 unspecified atom stereocenters. The van der Waals surface area contributed by atoms with Gasteiger partial charge in [-0.25, -0.2) is 9.97 Å². The molecule has 2 N–H and O–H groups in total. The second-order valence-electron chi connectivity index (χ2n) is 4.55. The van der Waals surface area contributed by atoms with E-state index >= 15 is 0 Å². The lowest BCUT2D eigenvalue weighted by molar-refractivity contribution is 0.0956. The average molecular weight is 304 g/mol. The fraction of sp³-hybridized carbons (Fsp3) is 0.400. The Morgan fingerprint density at radius 1 is 1.38 bits per heavy atom. The van der Waals surface area contributed by atoms with E-state index < -0.39 is 0 Å². The largest absolute Gasteiger partial charge is 0.370 e. The van der Waals surface area contributed by atoms with Gasteiger partial charge in [-0.05, 0) is 25.5 Å². The SMILES string of the molecule is CCNC(=O)c1ccnc(NCCc2csc(CC)n2)c1. The number of aryl methyl sites for hydroxylation is 1. The van der Waals surface area contributed by atoms with Gasteiger partial charge in [-0.2, -0.15) is 0 Å². The summed E-state index contributed by atoms with van der Waals surface area (Å²) in [4.78, 5) is 20.5. The number of thiazole rings is 1. The van der Waals surface area contributed by atoms with Crippen molar-refractivity contribution in [3.8, 4) is 0 Å². The fourth-order valence-corrected chi connectivity index (χ4v) is 2.66. The number of aromatic nitrogens is 2. The zero-order valence-electron chi connectivity index (χ0n) is 12.3. The van der Waals surface area contributed by atoms with Crippen molar-refractivity contribution in [1.82, 2.24) is 15.3 Å². The first kappa shape index (κ1) is 15.4. The van der Waals surface area contributed by atoms with Crippen molar-refractivity contribution < 1.29 is 4.79 Å². The Kier molecular flexibility index (Phi) is 5.68. The zero-order chi connectivity index (χ0) is 15.1. The molecule has 0 saturated heterocycles. The molecule has 0 bridgehead atoms. The molecule has 0 aliphatic carbocycles. The van der Waals surface area contributed by atoms with E-state index in [2.05, 4.69) is 32.9 Å². The third kappa shape index (κ3) is 4.53. The number of nitrogens with zero attached hydrogens (tertiary/aromatic N) is 2. The summed E-state index contributed by atoms with van der Waals surface area (Å²) in [6.45, 7) is 5.38. The first-order chi connectivity index (χ1) is 10.2. The van der Waals surface area contributed by atoms with Crippen LogP contribution in [0.2, 0.25) is 0 Å². The van der Waals surface area contributed by atoms with E-state index in [4.69, 9.17) is 0 Å². The molecule has 0 spiro atoms. The topological polar surface area (TPSA) is 66.9 Å². The smallest absolute Gasteiger partial charge is 0.251 e. The maximum atomic E-state index is 11.8. The number of nitrogens with one attached hydrogen (secondary N) is 2. The van der Waals surface area contributed by atoms with Crippen LogP contribution in [0.25, 0.3) is 0 Å². The molecule has 2 aromatic rings. The molecular formula is C15H20N4OS. The Bertz CT molecular complexity index is 597. The lowest BCUT2D eigenvalue weighted by atomic mass is 10.2. The van der Waals surface area contributed by atoms with Crippen molar-refractivity contribution >= 4 is 23.1 Å². The molecule has 6 heteroatoms. The first-order valence-electron chi connectivity index (χ1n) is 7.14. The molecule has 0 radical (unpaired) electrons. The molecule has 0 aromatic carbocycles. The highest BCUT2D eigenvalue weighted by atomic mass is 32.1. The number of amides is 1. The van der Waals surface area contributed by atoms with Gasteiger partial charge in [-0.3, -0.25) is 4.79 Å². The lowest BCUT2D eigenvalue weighted by Crippen LogP contribution is -2.22. The first-order valence-corrected chi connectivity index (χ1v) is 8.02. The Morgan fingerprint density at radius 3 is 2.95 bits per heavy atom. The van der Waals surface area contributed by atoms with E-state index in [1.807, 2.05) is 6.92 Å². The van der Waals surface area contributed by atoms with Gasteiger partial charge >= 0.3 is 0 Å². The van der Waals surface area contributed by atoms with E-state index in [0.29, 0.717) is 17.9 Å². The highest BCUT2D eigenvalue weighted by Gasteiger charge is 2.05. The number of carbonyl (C=O) groups is 1. The van der Waals surface area contributed by atoms with Crippen molar-refractivity contribution in [1.29, 1.82) is 0 Å². The van der Waals surface area contributed by atoms with Gasteiger partial charge in [0.1, 0.15) is 5.82 Å². The Balaban J connectivity index is 1.88. The molecule has 5 nitrogen and oxygen atoms in total. The second-order valence-corrected chi connectivity index (χ2v) is 5.49. The minimum atomic E-state index is -0.0740. The fourth-order valence-electron chi connectivity index (χ4n) is 1.88. The van der Waals surface area contributed by atoms with Gasteiger partial charge in [0.05, 0.1) is 10.7 Å². The van der Waals surface area contributed by atoms with Crippen LogP contribution < -0.4 is 10.6 Å². The second kappa shape index (κ2) is 7.73. The summed E-state index contributed by atoms with van der Waals surface area (Å²) >= 11 is 1.70. The van der Waals surface area contributed by atoms with E-state index in [9.17, 15) is 4.79 Å². The number of anilines is 1. The van der Waals surface area contributed by atoms with Crippen LogP contribution >= 0.6 is 11.3 Å². The minimum absolute atomic E-state index is 0.0740. The highest BCUT2D eigenvalue weighted by molar-refractivity contribution is 7.09. The van der Waals surface area contributed by atoms with Crippen LogP contribution in [0.15, 0.2) is 23.7 Å². The van der Waals surface area contributed by atoms with Crippen LogP contribution in [0.5, 0.6) is 0 Å². The normalized spacial score (nSPS) is 10.4. The summed E-state index contributed by atoms with van der Waals surface area (Å²) in [5.74, 6) is 0.639. The number of hydrogen-bond donors (Lipinski definition) is 2. The van der Waals surface area contributed by atoms with Crippen LogP contribution in [0.1, 0.15) is 34.9 Å². The lowest BCUT2D eigenvalue weighted by Gasteiger charge is -2.06. The van der Waals surface area contributed by atoms with Gasteiger partial charge in [0, 0.05) is 36.7 Å². The van der Waals surface area contributed by atoms with Crippen LogP contribution in [0, 0.1) is 0 Å². The van der Waals surface area contributed by atoms with Gasteiger partial charge < -0.3 is 10.6 Å². The van der Waals surface area contributed by atoms with E-state index in [1.165, 1.54) is 5.01 Å². The molecule has 2 heterocycles. The quantitative estimate of drug-likeness (QED) is 0.825. The zero-order valence-corrected chi connectivity index (χ0v) is 13.2. The molecule has 2 aromatic heterocycles. The summed E-state index contributed by atoms with van der Waals surface area (Å²) in [6.07, 6.45) is 3.47. The predicted molar refractivity (Wildman–Crippen MR) is 85.9 cm³/mol. The summed E-state index contributed by atoms with van der Waals surface area (Å²) in [5, 5.41) is 9.27. The molecule has 21 heavy (non-hydrogen) atoms. The van der Waals surface area contributed by atoms with Crippen LogP contribution in [0.4, 0.5) is 5.82 Å². The molecule has 0 fully saturated rings. The van der Waals surface area contributed by atoms with E-state index in [1.54, 1.807) is 29.7 Å². The summed E-state index contributed by atoms with van der Waals surface area (Å²) in [7, 11) is 0. The standard InChI is InChI=1S/C15H20N4OS/c1-3-14-19-12(10-21-14)6-8-18-13-9-11(5-7-17-13)15(20)16-4-2/h5,7,9-10H,3-4,6,8H2,1-2H3,(H,16,20)(H,17,18). The van der Waals surface area contributed by atoms with Gasteiger partial charge in [-0.1, -0.05) is 6.92 Å². The summed E-state index contributed by atoms with van der Waals surface area (Å²) < 4.78 is 0. The van der Waals surface area contributed by atoms with Crippen LogP contribution in [-0.2, 0) is 12.8 Å². The summed E-state index contributed by atoms with van der Waals surface area (Å²) in [6, 6.07) is 3.48. The van der Waals surface area contributed by atoms with Crippen molar-refractivity contribution in [2.45, 2.75) is 26.7 Å². The molecular weight excluding hydrogens is 284 g/mol. The summed E-state index contributed by atoms with van der Waals surface area (Å²) in [5.41, 5.74) is 1.72. The van der Waals surface area contributed by atoms with Crippen molar-refractivity contribution in [3.05, 3.63) is 40.0 Å². The van der Waals surface area contributed by atoms with E-state index in [0.717, 1.165) is 25.1 Å². The van der Waals surface area contributed by atoms with Crippen molar-refractivity contribution in [3.63, 3.8) is 0 Å². The monoisotopic (exact) mass is 304 g/mol. The van der Waals surface area contributed by atoms with Gasteiger partial charge in [0.25, 0.3) is 5.91 Å². The van der Waals surface area contributed by atoms with Gasteiger partial charge in [0.2, 0.25) is 0 Å². The maximum Gasteiger partial charge on any atom is 0.251 e. The van der Waals surface area contributed by atoms with Crippen LogP contribution in [0.3, 0.4) is 0 Å². The third-order valence-electron chi connectivity index (χ3n) is 2.95. The van der Waals surface area contributed by atoms with Crippen molar-refractivity contribution in [2.75, 3.05) is 18.4 Å². The molecule has 2 rings (SSSR count). The maximum absolute atomic E-state index is 11.8. The third-order valence-corrected chi connectivity index (χ3v) is 3.99. The molecule has 0 saturated carbocycles. The van der Waals surface area contributed by atoms with E-state index in [-0.39, 0.29) is 5.91 Å². The number of hydrogen-bond acceptors (Lipinski definition) is 5. The Hall–Kier alpha value is -1.95. The highest BCUT2D eigenvalue weighted by Crippen LogP contribution is 2.11. The Labute approximate surface area is 128 Å². The van der Waals surface area contributed by atoms with Crippen LogP contribution in [-0.4, -0.2) is 29.0 Å². The molecule has 112 valence electrons. The van der Waals surface area contributed by atoms with Crippen molar-refractivity contribution in [2.24, 2.45) is 0 Å². The molecule has 0 aliphatic rings. The average Bonchev–Trinajstić information content (AvgIpc) is 2.96. The molecule has 0 aliphatic heterocycles.